The fourth-order valence-electron chi connectivity index (χ4n) is 2.37. The predicted molar refractivity (Wildman–Crippen MR) is 84.0 cm³/mol. The van der Waals surface area contributed by atoms with Crippen molar-refractivity contribution in [2.75, 3.05) is 11.9 Å². The highest BCUT2D eigenvalue weighted by Gasteiger charge is 2.20. The Morgan fingerprint density at radius 2 is 2.05 bits per heavy atom. The third-order valence-corrected chi connectivity index (χ3v) is 3.50. The quantitative estimate of drug-likeness (QED) is 0.392. The molecule has 0 saturated carbocycles. The fraction of sp³-hybridized carbons (Fsp3) is 0.286. The molecule has 0 aliphatic heterocycles. The molecule has 0 saturated heterocycles. The number of hydrogen-bond acceptors (Lipinski definition) is 4. The fourth-order valence-corrected chi connectivity index (χ4v) is 2.50. The molecule has 0 aliphatic rings. The minimum atomic E-state index is 0.0542. The average molecular weight is 308 g/mol. The summed E-state index contributed by atoms with van der Waals surface area (Å²) in [6, 6.07) is 7.63. The number of benzene rings is 1. The van der Waals surface area contributed by atoms with Crippen LogP contribution in [-0.4, -0.2) is 27.9 Å². The Balaban J connectivity index is 2.35. The Morgan fingerprint density at radius 3 is 2.62 bits per heavy atom. The molecule has 2 aromatic rings. The summed E-state index contributed by atoms with van der Waals surface area (Å²) in [6.45, 7) is 2.48. The second-order valence-electron chi connectivity index (χ2n) is 4.88. The highest BCUT2D eigenvalue weighted by Crippen LogP contribution is 2.23. The molecule has 1 heterocycles. The Bertz CT molecular complexity index is 663. The van der Waals surface area contributed by atoms with Crippen molar-refractivity contribution in [2.45, 2.75) is 13.5 Å². The number of nitrogens with two attached hydrogens (primary N) is 1. The Hall–Kier alpha value is -2.21. The summed E-state index contributed by atoms with van der Waals surface area (Å²) in [5.41, 5.74) is 8.22. The first kappa shape index (κ1) is 15.2. The van der Waals surface area contributed by atoms with Gasteiger partial charge in [-0.15, -0.1) is 0 Å². The van der Waals surface area contributed by atoms with Crippen LogP contribution in [0.2, 0.25) is 5.02 Å². The molecule has 0 unspecified atom stereocenters. The number of hydrogen-bond donors (Lipinski definition) is 2. The van der Waals surface area contributed by atoms with Crippen molar-refractivity contribution in [1.82, 2.24) is 9.78 Å². The van der Waals surface area contributed by atoms with Crippen molar-refractivity contribution in [3.8, 4) is 0 Å². The van der Waals surface area contributed by atoms with Gasteiger partial charge in [-0.3, -0.25) is 4.68 Å². The monoisotopic (exact) mass is 307 g/mol. The molecule has 0 aliphatic carbocycles. The Kier molecular flexibility index (Phi) is 4.37. The van der Waals surface area contributed by atoms with E-state index in [1.165, 1.54) is 0 Å². The number of aryl methyl sites for hydroxylation is 2. The summed E-state index contributed by atoms with van der Waals surface area (Å²) >= 11 is 5.89. The van der Waals surface area contributed by atoms with Gasteiger partial charge in [0.15, 0.2) is 5.84 Å². The Labute approximate surface area is 128 Å². The van der Waals surface area contributed by atoms with Crippen molar-refractivity contribution in [3.63, 3.8) is 0 Å². The zero-order chi connectivity index (χ0) is 15.6. The lowest BCUT2D eigenvalue weighted by Gasteiger charge is -2.21. The molecule has 3 N–H and O–H groups in total. The van der Waals surface area contributed by atoms with Crippen LogP contribution in [0.15, 0.2) is 29.4 Å². The van der Waals surface area contributed by atoms with Crippen LogP contribution in [0, 0.1) is 6.92 Å². The highest BCUT2D eigenvalue weighted by atomic mass is 35.5. The molecule has 1 aromatic heterocycles. The van der Waals surface area contributed by atoms with Crippen LogP contribution in [0.5, 0.6) is 0 Å². The molecule has 21 heavy (non-hydrogen) atoms. The van der Waals surface area contributed by atoms with Crippen molar-refractivity contribution < 1.29 is 5.21 Å². The van der Waals surface area contributed by atoms with Crippen molar-refractivity contribution >= 4 is 23.3 Å². The average Bonchev–Trinajstić information content (AvgIpc) is 2.75. The summed E-state index contributed by atoms with van der Waals surface area (Å²) in [5.74, 6) is 0.844. The molecular formula is C14H18ClN5O. The number of rotatable bonds is 4. The molecule has 1 aromatic carbocycles. The summed E-state index contributed by atoms with van der Waals surface area (Å²) < 4.78 is 1.72. The number of amidine groups is 1. The van der Waals surface area contributed by atoms with Gasteiger partial charge in [-0.25, -0.2) is 0 Å². The SMILES string of the molecule is Cc1nn(C)c(N(C)Cc2ccc(Cl)cc2)c1C(N)=NO. The standard InChI is InChI=1S/C14H18ClN5O/c1-9-12(13(16)18-21)14(20(3)17-9)19(2)8-10-4-6-11(15)7-5-10/h4-7,21H,8H2,1-3H3,(H2,16,18). The second kappa shape index (κ2) is 6.05. The van der Waals surface area contributed by atoms with E-state index in [4.69, 9.17) is 22.5 Å². The smallest absolute Gasteiger partial charge is 0.175 e. The van der Waals surface area contributed by atoms with E-state index < -0.39 is 0 Å². The van der Waals surface area contributed by atoms with Crippen LogP contribution < -0.4 is 10.6 Å². The topological polar surface area (TPSA) is 79.7 Å². The third kappa shape index (κ3) is 3.11. The molecule has 0 amide bonds. The van der Waals surface area contributed by atoms with Gasteiger partial charge in [0.05, 0.1) is 11.3 Å². The predicted octanol–water partition coefficient (Wildman–Crippen LogP) is 2.11. The van der Waals surface area contributed by atoms with Crippen molar-refractivity contribution in [3.05, 3.63) is 46.1 Å². The van der Waals surface area contributed by atoms with Crippen molar-refractivity contribution in [2.24, 2.45) is 17.9 Å². The highest BCUT2D eigenvalue weighted by molar-refractivity contribution is 6.30. The van der Waals surface area contributed by atoms with Gasteiger partial charge in [0, 0.05) is 25.7 Å². The molecule has 0 bridgehead atoms. The maximum Gasteiger partial charge on any atom is 0.175 e. The largest absolute Gasteiger partial charge is 0.409 e. The van der Waals surface area contributed by atoms with Crippen LogP contribution in [0.25, 0.3) is 0 Å². The number of anilines is 1. The van der Waals surface area contributed by atoms with Gasteiger partial charge in [0.1, 0.15) is 5.82 Å². The van der Waals surface area contributed by atoms with Gasteiger partial charge in [-0.2, -0.15) is 5.10 Å². The molecule has 0 atom stereocenters. The van der Waals surface area contributed by atoms with Crippen LogP contribution >= 0.6 is 11.6 Å². The van der Waals surface area contributed by atoms with Gasteiger partial charge in [0.2, 0.25) is 0 Å². The van der Waals surface area contributed by atoms with Crippen LogP contribution in [0.3, 0.4) is 0 Å². The second-order valence-corrected chi connectivity index (χ2v) is 5.31. The van der Waals surface area contributed by atoms with E-state index in [1.54, 1.807) is 4.68 Å². The number of oxime groups is 1. The minimum absolute atomic E-state index is 0.0542. The lowest BCUT2D eigenvalue weighted by molar-refractivity contribution is 0.318. The lowest BCUT2D eigenvalue weighted by Crippen LogP contribution is -2.24. The van der Waals surface area contributed by atoms with Crippen LogP contribution in [0.4, 0.5) is 5.82 Å². The van der Waals surface area contributed by atoms with Gasteiger partial charge in [-0.05, 0) is 24.6 Å². The maximum absolute atomic E-state index is 8.94. The first-order valence-electron chi connectivity index (χ1n) is 6.41. The molecule has 2 rings (SSSR count). The first-order valence-corrected chi connectivity index (χ1v) is 6.79. The summed E-state index contributed by atoms with van der Waals surface area (Å²) in [7, 11) is 3.76. The lowest BCUT2D eigenvalue weighted by atomic mass is 10.2. The minimum Gasteiger partial charge on any atom is -0.409 e. The molecule has 7 heteroatoms. The number of aromatic nitrogens is 2. The van der Waals surface area contributed by atoms with E-state index in [2.05, 4.69) is 10.3 Å². The van der Waals surface area contributed by atoms with Crippen molar-refractivity contribution in [1.29, 1.82) is 0 Å². The van der Waals surface area contributed by atoms with E-state index in [9.17, 15) is 0 Å². The number of nitrogens with zero attached hydrogens (tertiary/aromatic N) is 4. The summed E-state index contributed by atoms with van der Waals surface area (Å²) in [4.78, 5) is 2.00. The molecule has 0 fully saturated rings. The van der Waals surface area contributed by atoms with Gasteiger partial charge in [-0.1, -0.05) is 28.9 Å². The van der Waals surface area contributed by atoms with Gasteiger partial charge < -0.3 is 15.8 Å². The zero-order valence-corrected chi connectivity index (χ0v) is 13.0. The first-order chi connectivity index (χ1) is 9.93. The van der Waals surface area contributed by atoms with E-state index in [0.29, 0.717) is 22.8 Å². The Morgan fingerprint density at radius 1 is 1.43 bits per heavy atom. The maximum atomic E-state index is 8.94. The molecular weight excluding hydrogens is 290 g/mol. The molecule has 6 nitrogen and oxygen atoms in total. The normalized spacial score (nSPS) is 11.7. The van der Waals surface area contributed by atoms with E-state index in [0.717, 1.165) is 11.4 Å². The van der Waals surface area contributed by atoms with E-state index in [-0.39, 0.29) is 5.84 Å². The molecule has 0 radical (unpaired) electrons. The van der Waals surface area contributed by atoms with E-state index in [1.807, 2.05) is 50.2 Å². The molecule has 0 spiro atoms. The molecule has 112 valence electrons. The third-order valence-electron chi connectivity index (χ3n) is 3.25. The van der Waals surface area contributed by atoms with Crippen LogP contribution in [-0.2, 0) is 13.6 Å². The van der Waals surface area contributed by atoms with Gasteiger partial charge in [0.25, 0.3) is 0 Å². The summed E-state index contributed by atoms with van der Waals surface area (Å²) in [6.07, 6.45) is 0. The summed E-state index contributed by atoms with van der Waals surface area (Å²) in [5, 5.41) is 17.1. The van der Waals surface area contributed by atoms with Gasteiger partial charge >= 0.3 is 0 Å². The number of halogens is 1. The zero-order valence-electron chi connectivity index (χ0n) is 12.2. The van der Waals surface area contributed by atoms with Crippen LogP contribution in [0.1, 0.15) is 16.8 Å². The van der Waals surface area contributed by atoms with E-state index >= 15 is 0 Å².